The average molecular weight is 266 g/mol. The molecule has 0 aromatic heterocycles. The fourth-order valence-corrected chi connectivity index (χ4v) is 1.82. The molecule has 5 heteroatoms. The van der Waals surface area contributed by atoms with E-state index in [4.69, 9.17) is 14.2 Å². The zero-order valence-corrected chi connectivity index (χ0v) is 10.9. The first kappa shape index (κ1) is 13.7. The number of carbonyl (C=O) groups is 1. The summed E-state index contributed by atoms with van der Waals surface area (Å²) in [4.78, 5) is 11.4. The van der Waals surface area contributed by atoms with Gasteiger partial charge in [0.05, 0.1) is 19.8 Å². The highest BCUT2D eigenvalue weighted by molar-refractivity contribution is 5.76. The van der Waals surface area contributed by atoms with Gasteiger partial charge in [-0.1, -0.05) is 6.92 Å². The van der Waals surface area contributed by atoms with E-state index in [1.807, 2.05) is 6.92 Å². The minimum Gasteiger partial charge on any atom is -0.493 e. The first-order valence-electron chi connectivity index (χ1n) is 6.44. The van der Waals surface area contributed by atoms with Gasteiger partial charge in [0.1, 0.15) is 11.5 Å². The highest BCUT2D eigenvalue weighted by atomic mass is 16.6. The number of cyclic esters (lactones) is 1. The molecule has 0 radical (unpaired) electrons. The van der Waals surface area contributed by atoms with Crippen LogP contribution in [0.4, 0.5) is 0 Å². The summed E-state index contributed by atoms with van der Waals surface area (Å²) in [6.45, 7) is 2.87. The van der Waals surface area contributed by atoms with E-state index in [1.165, 1.54) is 0 Å². The van der Waals surface area contributed by atoms with Crippen LogP contribution in [0.25, 0.3) is 0 Å². The molecule has 0 bridgehead atoms. The van der Waals surface area contributed by atoms with Crippen LogP contribution in [0.3, 0.4) is 0 Å². The molecule has 2 rings (SSSR count). The van der Waals surface area contributed by atoms with Crippen LogP contribution in [0.2, 0.25) is 0 Å². The van der Waals surface area contributed by atoms with E-state index in [2.05, 4.69) is 0 Å². The lowest BCUT2D eigenvalue weighted by molar-refractivity contribution is -0.143. The molecule has 1 N–H and O–H groups in total. The molecule has 1 aliphatic rings. The summed E-state index contributed by atoms with van der Waals surface area (Å²) in [7, 11) is 0. The summed E-state index contributed by atoms with van der Waals surface area (Å²) in [6, 6.07) is 5.22. The van der Waals surface area contributed by atoms with Crippen molar-refractivity contribution in [3.8, 4) is 11.5 Å². The van der Waals surface area contributed by atoms with Gasteiger partial charge in [0.25, 0.3) is 0 Å². The molecule has 1 atom stereocenters. The monoisotopic (exact) mass is 266 g/mol. The number of benzene rings is 1. The predicted octanol–water partition coefficient (Wildman–Crippen LogP) is 1.66. The molecule has 5 nitrogen and oxygen atoms in total. The Hall–Kier alpha value is -1.75. The molecule has 0 saturated carbocycles. The molecule has 104 valence electrons. The molecular formula is C14H18O5. The Morgan fingerprint density at radius 1 is 1.47 bits per heavy atom. The van der Waals surface area contributed by atoms with Crippen molar-refractivity contribution in [2.45, 2.75) is 32.5 Å². The molecule has 1 heterocycles. The van der Waals surface area contributed by atoms with Gasteiger partial charge in [-0.25, -0.2) is 4.79 Å². The topological polar surface area (TPSA) is 65.0 Å². The van der Waals surface area contributed by atoms with Crippen molar-refractivity contribution in [1.82, 2.24) is 0 Å². The predicted molar refractivity (Wildman–Crippen MR) is 68.1 cm³/mol. The van der Waals surface area contributed by atoms with Crippen LogP contribution < -0.4 is 9.47 Å². The largest absolute Gasteiger partial charge is 0.493 e. The number of aliphatic hydroxyl groups excluding tert-OH is 1. The number of carbonyl (C=O) groups excluding carboxylic acids is 1. The molecular weight excluding hydrogens is 248 g/mol. The van der Waals surface area contributed by atoms with Gasteiger partial charge in [-0.15, -0.1) is 0 Å². The fourth-order valence-electron chi connectivity index (χ4n) is 1.82. The fraction of sp³-hybridized carbons (Fsp3) is 0.500. The second-order valence-electron chi connectivity index (χ2n) is 4.34. The number of hydrogen-bond acceptors (Lipinski definition) is 5. The molecule has 0 spiro atoms. The Balaban J connectivity index is 2.13. The number of ether oxygens (including phenoxy) is 3. The zero-order chi connectivity index (χ0) is 13.7. The van der Waals surface area contributed by atoms with Crippen molar-refractivity contribution in [2.24, 2.45) is 0 Å². The third kappa shape index (κ3) is 3.38. The third-order valence-electron chi connectivity index (χ3n) is 2.84. The van der Waals surface area contributed by atoms with E-state index in [9.17, 15) is 9.90 Å². The summed E-state index contributed by atoms with van der Waals surface area (Å²) >= 11 is 0. The Morgan fingerprint density at radius 3 is 2.95 bits per heavy atom. The van der Waals surface area contributed by atoms with Crippen molar-refractivity contribution in [1.29, 1.82) is 0 Å². The van der Waals surface area contributed by atoms with E-state index in [0.717, 1.165) is 6.42 Å². The quantitative estimate of drug-likeness (QED) is 0.793. The first-order valence-corrected chi connectivity index (χ1v) is 6.44. The smallest absolute Gasteiger partial charge is 0.347 e. The van der Waals surface area contributed by atoms with E-state index in [1.54, 1.807) is 18.2 Å². The van der Waals surface area contributed by atoms with Crippen molar-refractivity contribution >= 4 is 5.97 Å². The molecule has 0 amide bonds. The number of hydrogen-bond donors (Lipinski definition) is 1. The summed E-state index contributed by atoms with van der Waals surface area (Å²) in [5.74, 6) is 0.782. The van der Waals surface area contributed by atoms with E-state index in [0.29, 0.717) is 36.7 Å². The molecule has 19 heavy (non-hydrogen) atoms. The second kappa shape index (κ2) is 6.43. The van der Waals surface area contributed by atoms with Crippen molar-refractivity contribution < 1.29 is 24.1 Å². The molecule has 1 saturated heterocycles. The van der Waals surface area contributed by atoms with Crippen molar-refractivity contribution in [3.05, 3.63) is 23.8 Å². The normalized spacial score (nSPS) is 18.2. The Morgan fingerprint density at radius 2 is 2.32 bits per heavy atom. The summed E-state index contributed by atoms with van der Waals surface area (Å²) in [5.41, 5.74) is 0.628. The lowest BCUT2D eigenvalue weighted by Crippen LogP contribution is -2.22. The van der Waals surface area contributed by atoms with E-state index in [-0.39, 0.29) is 12.6 Å². The summed E-state index contributed by atoms with van der Waals surface area (Å²) < 4.78 is 16.0. The van der Waals surface area contributed by atoms with Gasteiger partial charge in [0.2, 0.25) is 0 Å². The molecule has 1 aromatic carbocycles. The maximum Gasteiger partial charge on any atom is 0.347 e. The SMILES string of the molecule is CCCOc1ccc(CO)c(OC2CCOC2=O)c1. The van der Waals surface area contributed by atoms with Crippen LogP contribution in [0.15, 0.2) is 18.2 Å². The van der Waals surface area contributed by atoms with Crippen LogP contribution in [0.1, 0.15) is 25.3 Å². The number of aliphatic hydroxyl groups is 1. The molecule has 1 aliphatic heterocycles. The van der Waals surface area contributed by atoms with Gasteiger partial charge < -0.3 is 19.3 Å². The second-order valence-corrected chi connectivity index (χ2v) is 4.34. The molecule has 1 fully saturated rings. The lowest BCUT2D eigenvalue weighted by Gasteiger charge is -2.15. The van der Waals surface area contributed by atoms with Crippen LogP contribution in [0, 0.1) is 0 Å². The minimum atomic E-state index is -0.591. The van der Waals surface area contributed by atoms with Crippen LogP contribution in [0.5, 0.6) is 11.5 Å². The van der Waals surface area contributed by atoms with Gasteiger partial charge in [-0.2, -0.15) is 0 Å². The first-order chi connectivity index (χ1) is 9.24. The van der Waals surface area contributed by atoms with Gasteiger partial charge in [0, 0.05) is 18.1 Å². The maximum atomic E-state index is 11.4. The Labute approximate surface area is 112 Å². The average Bonchev–Trinajstić information content (AvgIpc) is 2.82. The van der Waals surface area contributed by atoms with Crippen molar-refractivity contribution in [2.75, 3.05) is 13.2 Å². The highest BCUT2D eigenvalue weighted by Gasteiger charge is 2.29. The maximum absolute atomic E-state index is 11.4. The molecule has 1 unspecified atom stereocenters. The number of esters is 1. The van der Waals surface area contributed by atoms with Crippen LogP contribution in [-0.2, 0) is 16.1 Å². The lowest BCUT2D eigenvalue weighted by atomic mass is 10.2. The van der Waals surface area contributed by atoms with Crippen LogP contribution in [-0.4, -0.2) is 30.4 Å². The molecule has 0 aliphatic carbocycles. The van der Waals surface area contributed by atoms with Gasteiger partial charge in [0.15, 0.2) is 6.10 Å². The van der Waals surface area contributed by atoms with Gasteiger partial charge in [-0.3, -0.25) is 0 Å². The standard InChI is InChI=1S/C14H18O5/c1-2-6-17-11-4-3-10(9-15)13(8-11)19-12-5-7-18-14(12)16/h3-4,8,12,15H,2,5-7,9H2,1H3. The van der Waals surface area contributed by atoms with Crippen molar-refractivity contribution in [3.63, 3.8) is 0 Å². The third-order valence-corrected chi connectivity index (χ3v) is 2.84. The highest BCUT2D eigenvalue weighted by Crippen LogP contribution is 2.27. The molecule has 1 aromatic rings. The van der Waals surface area contributed by atoms with E-state index < -0.39 is 6.10 Å². The van der Waals surface area contributed by atoms with Gasteiger partial charge in [-0.05, 0) is 18.6 Å². The zero-order valence-electron chi connectivity index (χ0n) is 10.9. The minimum absolute atomic E-state index is 0.148. The summed E-state index contributed by atoms with van der Waals surface area (Å²) in [6.07, 6.45) is 0.850. The Bertz CT molecular complexity index is 443. The number of rotatable bonds is 6. The Kier molecular flexibility index (Phi) is 4.63. The van der Waals surface area contributed by atoms with E-state index >= 15 is 0 Å². The summed E-state index contributed by atoms with van der Waals surface area (Å²) in [5, 5.41) is 9.29. The van der Waals surface area contributed by atoms with Gasteiger partial charge >= 0.3 is 5.97 Å². The van der Waals surface area contributed by atoms with Crippen LogP contribution >= 0.6 is 0 Å².